The fourth-order valence-corrected chi connectivity index (χ4v) is 3.73. The van der Waals surface area contributed by atoms with Crippen molar-refractivity contribution < 1.29 is 13.9 Å². The molecule has 0 N–H and O–H groups in total. The van der Waals surface area contributed by atoms with E-state index in [2.05, 4.69) is 9.97 Å². The third-order valence-electron chi connectivity index (χ3n) is 4.98. The lowest BCUT2D eigenvalue weighted by Gasteiger charge is -2.33. The molecule has 0 radical (unpaired) electrons. The minimum atomic E-state index is -1.04. The smallest absolute Gasteiger partial charge is 0.245 e. The number of fused-ring (bicyclic) bond motifs is 1. The fourth-order valence-electron chi connectivity index (χ4n) is 3.73. The van der Waals surface area contributed by atoms with Crippen molar-refractivity contribution in [2.24, 2.45) is 0 Å². The normalized spacial score (nSPS) is 24.1. The van der Waals surface area contributed by atoms with Crippen LogP contribution in [0.3, 0.4) is 0 Å². The summed E-state index contributed by atoms with van der Waals surface area (Å²) >= 11 is 0. The number of hydrogen-bond acceptors (Lipinski definition) is 5. The fraction of sp³-hybridized carbons (Fsp3) is 0.500. The third kappa shape index (κ3) is 2.93. The van der Waals surface area contributed by atoms with Crippen molar-refractivity contribution in [2.75, 3.05) is 37.7 Å². The number of aromatic nitrogens is 2. The van der Waals surface area contributed by atoms with Crippen LogP contribution < -0.4 is 4.90 Å². The van der Waals surface area contributed by atoms with E-state index >= 15 is 0 Å². The molecule has 4 rings (SSSR count). The first kappa shape index (κ1) is 16.2. The van der Waals surface area contributed by atoms with Gasteiger partial charge in [0.2, 0.25) is 5.91 Å². The molecule has 25 heavy (non-hydrogen) atoms. The number of anilines is 1. The average Bonchev–Trinajstić information content (AvgIpc) is 3.03. The second kappa shape index (κ2) is 6.55. The SMILES string of the molecule is Cc1cccc2ncnc(N3C[C@H](F)C[C@H]3C(=O)N3CCOCC3)c12. The monoisotopic (exact) mass is 344 g/mol. The number of hydrogen-bond donors (Lipinski definition) is 0. The van der Waals surface area contributed by atoms with E-state index in [1.54, 1.807) is 4.90 Å². The molecule has 132 valence electrons. The zero-order valence-corrected chi connectivity index (χ0v) is 14.2. The molecule has 6 nitrogen and oxygen atoms in total. The minimum absolute atomic E-state index is 0.0382. The summed E-state index contributed by atoms with van der Waals surface area (Å²) in [7, 11) is 0. The number of alkyl halides is 1. The van der Waals surface area contributed by atoms with Crippen LogP contribution in [0.15, 0.2) is 24.5 Å². The maximum atomic E-state index is 14.3. The second-order valence-corrected chi connectivity index (χ2v) is 6.61. The topological polar surface area (TPSA) is 58.6 Å². The molecule has 2 fully saturated rings. The molecule has 0 bridgehead atoms. The number of halogens is 1. The van der Waals surface area contributed by atoms with E-state index in [4.69, 9.17) is 4.74 Å². The van der Waals surface area contributed by atoms with Gasteiger partial charge in [-0.05, 0) is 18.6 Å². The van der Waals surface area contributed by atoms with Gasteiger partial charge in [-0.2, -0.15) is 0 Å². The lowest BCUT2D eigenvalue weighted by Crippen LogP contribution is -2.50. The number of morpholine rings is 1. The first-order valence-corrected chi connectivity index (χ1v) is 8.62. The van der Waals surface area contributed by atoms with Crippen LogP contribution in [-0.4, -0.2) is 65.8 Å². The molecule has 2 aromatic rings. The predicted octanol–water partition coefficient (Wildman–Crippen LogP) is 1.71. The summed E-state index contributed by atoms with van der Waals surface area (Å²) in [4.78, 5) is 25.3. The summed E-state index contributed by atoms with van der Waals surface area (Å²) in [6, 6.07) is 5.31. The van der Waals surface area contributed by atoms with Gasteiger partial charge in [0, 0.05) is 24.9 Å². The molecule has 2 aliphatic rings. The Morgan fingerprint density at radius 3 is 2.88 bits per heavy atom. The molecule has 7 heteroatoms. The Morgan fingerprint density at radius 1 is 1.28 bits per heavy atom. The maximum Gasteiger partial charge on any atom is 0.245 e. The zero-order chi connectivity index (χ0) is 17.4. The van der Waals surface area contributed by atoms with Gasteiger partial charge in [-0.3, -0.25) is 4.79 Å². The van der Waals surface area contributed by atoms with E-state index in [1.807, 2.05) is 30.0 Å². The largest absolute Gasteiger partial charge is 0.378 e. The van der Waals surface area contributed by atoms with Gasteiger partial charge in [0.15, 0.2) is 0 Å². The van der Waals surface area contributed by atoms with Crippen molar-refractivity contribution in [3.63, 3.8) is 0 Å². The van der Waals surface area contributed by atoms with Gasteiger partial charge >= 0.3 is 0 Å². The maximum absolute atomic E-state index is 14.3. The Morgan fingerprint density at radius 2 is 2.08 bits per heavy atom. The van der Waals surface area contributed by atoms with Crippen molar-refractivity contribution in [3.05, 3.63) is 30.1 Å². The molecular formula is C18H21FN4O2. The van der Waals surface area contributed by atoms with Crippen LogP contribution in [0.5, 0.6) is 0 Å². The number of carbonyl (C=O) groups is 1. The van der Waals surface area contributed by atoms with Crippen LogP contribution in [-0.2, 0) is 9.53 Å². The molecule has 3 heterocycles. The van der Waals surface area contributed by atoms with Gasteiger partial charge in [0.05, 0.1) is 25.3 Å². The van der Waals surface area contributed by atoms with Crippen LogP contribution in [0.2, 0.25) is 0 Å². The lowest BCUT2D eigenvalue weighted by atomic mass is 10.1. The van der Waals surface area contributed by atoms with Gasteiger partial charge in [-0.1, -0.05) is 12.1 Å². The van der Waals surface area contributed by atoms with Crippen LogP contribution in [0, 0.1) is 6.92 Å². The molecule has 2 saturated heterocycles. The standard InChI is InChI=1S/C18H21FN4O2/c1-12-3-2-4-14-16(12)17(21-11-20-14)23-10-13(19)9-15(23)18(24)22-5-7-25-8-6-22/h2-4,11,13,15H,5-10H2,1H3/t13-,15+/m1/s1. The molecule has 1 aromatic carbocycles. The predicted molar refractivity (Wildman–Crippen MR) is 92.3 cm³/mol. The number of aryl methyl sites for hydroxylation is 1. The molecule has 0 aliphatic carbocycles. The Balaban J connectivity index is 1.72. The molecule has 2 aliphatic heterocycles. The first-order valence-electron chi connectivity index (χ1n) is 8.62. The Kier molecular flexibility index (Phi) is 4.25. The highest BCUT2D eigenvalue weighted by Crippen LogP contribution is 2.33. The van der Waals surface area contributed by atoms with E-state index in [0.717, 1.165) is 16.5 Å². The van der Waals surface area contributed by atoms with Gasteiger partial charge in [0.25, 0.3) is 0 Å². The van der Waals surface area contributed by atoms with E-state index in [1.165, 1.54) is 6.33 Å². The van der Waals surface area contributed by atoms with Gasteiger partial charge in [-0.25, -0.2) is 14.4 Å². The average molecular weight is 344 g/mol. The first-order chi connectivity index (χ1) is 12.1. The van der Waals surface area contributed by atoms with Crippen molar-refractivity contribution in [2.45, 2.75) is 25.6 Å². The van der Waals surface area contributed by atoms with E-state index in [0.29, 0.717) is 32.1 Å². The number of amides is 1. The van der Waals surface area contributed by atoms with Crippen molar-refractivity contribution >= 4 is 22.6 Å². The Hall–Kier alpha value is -2.28. The summed E-state index contributed by atoms with van der Waals surface area (Å²) in [6.45, 7) is 4.35. The summed E-state index contributed by atoms with van der Waals surface area (Å²) in [5, 5.41) is 0.888. The lowest BCUT2D eigenvalue weighted by molar-refractivity contribution is -0.136. The van der Waals surface area contributed by atoms with Crippen LogP contribution in [0.1, 0.15) is 12.0 Å². The molecule has 2 atom stereocenters. The third-order valence-corrected chi connectivity index (χ3v) is 4.98. The van der Waals surface area contributed by atoms with Gasteiger partial charge in [0.1, 0.15) is 24.4 Å². The summed E-state index contributed by atoms with van der Waals surface area (Å²) in [6.07, 6.45) is 0.649. The molecule has 0 spiro atoms. The molecule has 1 amide bonds. The van der Waals surface area contributed by atoms with Crippen molar-refractivity contribution in [1.29, 1.82) is 0 Å². The molecule has 1 aromatic heterocycles. The van der Waals surface area contributed by atoms with Crippen LogP contribution in [0.4, 0.5) is 10.2 Å². The Labute approximate surface area is 145 Å². The van der Waals surface area contributed by atoms with E-state index in [9.17, 15) is 9.18 Å². The van der Waals surface area contributed by atoms with Gasteiger partial charge in [-0.15, -0.1) is 0 Å². The number of ether oxygens (including phenoxy) is 1. The highest BCUT2D eigenvalue weighted by molar-refractivity contribution is 5.95. The van der Waals surface area contributed by atoms with Crippen molar-refractivity contribution in [3.8, 4) is 0 Å². The molecule has 0 saturated carbocycles. The number of benzene rings is 1. The van der Waals surface area contributed by atoms with Crippen molar-refractivity contribution in [1.82, 2.24) is 14.9 Å². The second-order valence-electron chi connectivity index (χ2n) is 6.61. The van der Waals surface area contributed by atoms with E-state index in [-0.39, 0.29) is 18.9 Å². The number of rotatable bonds is 2. The minimum Gasteiger partial charge on any atom is -0.378 e. The van der Waals surface area contributed by atoms with Crippen LogP contribution in [0.25, 0.3) is 10.9 Å². The summed E-state index contributed by atoms with van der Waals surface area (Å²) in [5.41, 5.74) is 1.83. The highest BCUT2D eigenvalue weighted by Gasteiger charge is 2.40. The molecular weight excluding hydrogens is 323 g/mol. The van der Waals surface area contributed by atoms with Gasteiger partial charge < -0.3 is 14.5 Å². The highest BCUT2D eigenvalue weighted by atomic mass is 19.1. The Bertz CT molecular complexity index is 788. The zero-order valence-electron chi connectivity index (χ0n) is 14.2. The number of carbonyl (C=O) groups excluding carboxylic acids is 1. The quantitative estimate of drug-likeness (QED) is 0.830. The van der Waals surface area contributed by atoms with E-state index < -0.39 is 12.2 Å². The molecule has 0 unspecified atom stereocenters. The summed E-state index contributed by atoms with van der Waals surface area (Å²) < 4.78 is 19.6. The number of nitrogens with zero attached hydrogens (tertiary/aromatic N) is 4. The van der Waals surface area contributed by atoms with Crippen LogP contribution >= 0.6 is 0 Å². The summed E-state index contributed by atoms with van der Waals surface area (Å²) in [5.74, 6) is 0.610.